The summed E-state index contributed by atoms with van der Waals surface area (Å²) >= 11 is 6.18. The van der Waals surface area contributed by atoms with Crippen molar-refractivity contribution in [1.82, 2.24) is 10.3 Å². The summed E-state index contributed by atoms with van der Waals surface area (Å²) < 4.78 is 0. The predicted octanol–water partition coefficient (Wildman–Crippen LogP) is 1.15. The molecule has 1 amide bonds. The maximum Gasteiger partial charge on any atom is 0.239 e. The zero-order valence-electron chi connectivity index (χ0n) is 10.9. The standard InChI is InChI=1S/C12H19ClN4O/c1-8(2)16-10(18)7-17(3)12-11(13)9(6-14)4-5-15-12/h4-5,8H,6-7,14H2,1-3H3,(H,16,18). The highest BCUT2D eigenvalue weighted by Gasteiger charge is 2.14. The molecule has 1 aromatic rings. The minimum atomic E-state index is -0.0662. The van der Waals surface area contributed by atoms with E-state index in [9.17, 15) is 4.79 Å². The van der Waals surface area contributed by atoms with Crippen molar-refractivity contribution in [2.45, 2.75) is 26.4 Å². The third-order valence-corrected chi connectivity index (χ3v) is 2.77. The van der Waals surface area contributed by atoms with E-state index >= 15 is 0 Å². The molecular weight excluding hydrogens is 252 g/mol. The molecule has 0 unspecified atom stereocenters. The van der Waals surface area contributed by atoms with Crippen LogP contribution in [-0.4, -0.2) is 30.5 Å². The summed E-state index contributed by atoms with van der Waals surface area (Å²) in [5.41, 5.74) is 6.39. The average molecular weight is 271 g/mol. The number of nitrogens with one attached hydrogen (secondary N) is 1. The lowest BCUT2D eigenvalue weighted by Crippen LogP contribution is -2.39. The Kier molecular flexibility index (Phi) is 5.37. The maximum absolute atomic E-state index is 11.7. The molecule has 0 saturated carbocycles. The van der Waals surface area contributed by atoms with Crippen molar-refractivity contribution in [1.29, 1.82) is 0 Å². The normalized spacial score (nSPS) is 10.6. The molecule has 0 aliphatic rings. The van der Waals surface area contributed by atoms with Gasteiger partial charge in [0.15, 0.2) is 0 Å². The number of nitrogens with two attached hydrogens (primary N) is 1. The first kappa shape index (κ1) is 14.7. The molecule has 0 fully saturated rings. The van der Waals surface area contributed by atoms with Gasteiger partial charge < -0.3 is 16.0 Å². The molecule has 0 atom stereocenters. The van der Waals surface area contributed by atoms with Gasteiger partial charge in [-0.3, -0.25) is 4.79 Å². The van der Waals surface area contributed by atoms with Crippen LogP contribution in [0.4, 0.5) is 5.82 Å². The number of pyridine rings is 1. The Morgan fingerprint density at radius 2 is 2.28 bits per heavy atom. The maximum atomic E-state index is 11.7. The molecular formula is C12H19ClN4O. The van der Waals surface area contributed by atoms with Crippen LogP contribution in [0.1, 0.15) is 19.4 Å². The van der Waals surface area contributed by atoms with Gasteiger partial charge in [0.25, 0.3) is 0 Å². The lowest BCUT2D eigenvalue weighted by atomic mass is 10.2. The van der Waals surface area contributed by atoms with Crippen LogP contribution in [0.15, 0.2) is 12.3 Å². The number of likely N-dealkylation sites (N-methyl/N-ethyl adjacent to an activating group) is 1. The number of rotatable bonds is 5. The molecule has 0 spiro atoms. The van der Waals surface area contributed by atoms with E-state index in [0.29, 0.717) is 17.4 Å². The van der Waals surface area contributed by atoms with Crippen LogP contribution in [0.5, 0.6) is 0 Å². The Morgan fingerprint density at radius 3 is 2.83 bits per heavy atom. The second kappa shape index (κ2) is 6.56. The van der Waals surface area contributed by atoms with Gasteiger partial charge in [-0.05, 0) is 25.5 Å². The van der Waals surface area contributed by atoms with Crippen molar-refractivity contribution in [3.8, 4) is 0 Å². The van der Waals surface area contributed by atoms with Gasteiger partial charge in [-0.1, -0.05) is 11.6 Å². The molecule has 18 heavy (non-hydrogen) atoms. The third kappa shape index (κ3) is 3.85. The first-order valence-corrected chi connectivity index (χ1v) is 6.17. The van der Waals surface area contributed by atoms with E-state index in [2.05, 4.69) is 10.3 Å². The van der Waals surface area contributed by atoms with Crippen molar-refractivity contribution in [3.05, 3.63) is 22.8 Å². The summed E-state index contributed by atoms with van der Waals surface area (Å²) in [5, 5.41) is 3.32. The highest BCUT2D eigenvalue weighted by molar-refractivity contribution is 6.33. The van der Waals surface area contributed by atoms with E-state index < -0.39 is 0 Å². The van der Waals surface area contributed by atoms with Crippen molar-refractivity contribution in [3.63, 3.8) is 0 Å². The number of hydrogen-bond donors (Lipinski definition) is 2. The molecule has 0 saturated heterocycles. The Labute approximate surface area is 112 Å². The van der Waals surface area contributed by atoms with Crippen LogP contribution in [0.3, 0.4) is 0 Å². The molecule has 100 valence electrons. The van der Waals surface area contributed by atoms with Gasteiger partial charge in [-0.25, -0.2) is 4.98 Å². The van der Waals surface area contributed by atoms with E-state index in [1.807, 2.05) is 13.8 Å². The number of halogens is 1. The van der Waals surface area contributed by atoms with Crippen LogP contribution in [0.2, 0.25) is 5.02 Å². The van der Waals surface area contributed by atoms with Gasteiger partial charge in [0, 0.05) is 25.8 Å². The number of nitrogens with zero attached hydrogens (tertiary/aromatic N) is 2. The van der Waals surface area contributed by atoms with Crippen LogP contribution in [0, 0.1) is 0 Å². The summed E-state index contributed by atoms with van der Waals surface area (Å²) in [6.45, 7) is 4.38. The van der Waals surface area contributed by atoms with Crippen LogP contribution in [-0.2, 0) is 11.3 Å². The third-order valence-electron chi connectivity index (χ3n) is 2.36. The Bertz CT molecular complexity index is 423. The molecule has 1 heterocycles. The largest absolute Gasteiger partial charge is 0.352 e. The van der Waals surface area contributed by atoms with Gasteiger partial charge in [-0.2, -0.15) is 0 Å². The predicted molar refractivity (Wildman–Crippen MR) is 73.7 cm³/mol. The zero-order chi connectivity index (χ0) is 13.7. The second-order valence-corrected chi connectivity index (χ2v) is 4.77. The highest BCUT2D eigenvalue weighted by Crippen LogP contribution is 2.25. The Balaban J connectivity index is 2.78. The highest BCUT2D eigenvalue weighted by atomic mass is 35.5. The molecule has 3 N–H and O–H groups in total. The summed E-state index contributed by atoms with van der Waals surface area (Å²) in [6, 6.07) is 1.89. The number of amides is 1. The summed E-state index contributed by atoms with van der Waals surface area (Å²) in [4.78, 5) is 17.5. The molecule has 1 rings (SSSR count). The van der Waals surface area contributed by atoms with E-state index in [-0.39, 0.29) is 18.5 Å². The smallest absolute Gasteiger partial charge is 0.239 e. The van der Waals surface area contributed by atoms with Crippen molar-refractivity contribution in [2.75, 3.05) is 18.5 Å². The fourth-order valence-electron chi connectivity index (χ4n) is 1.55. The van der Waals surface area contributed by atoms with Crippen molar-refractivity contribution >= 4 is 23.3 Å². The lowest BCUT2D eigenvalue weighted by molar-refractivity contribution is -0.120. The monoisotopic (exact) mass is 270 g/mol. The van der Waals surface area contributed by atoms with Gasteiger partial charge >= 0.3 is 0 Å². The lowest BCUT2D eigenvalue weighted by Gasteiger charge is -2.20. The fraction of sp³-hybridized carbons (Fsp3) is 0.500. The quantitative estimate of drug-likeness (QED) is 0.842. The summed E-state index contributed by atoms with van der Waals surface area (Å²) in [7, 11) is 1.77. The first-order chi connectivity index (χ1) is 8.45. The number of anilines is 1. The summed E-state index contributed by atoms with van der Waals surface area (Å²) in [5.74, 6) is 0.502. The van der Waals surface area contributed by atoms with Crippen LogP contribution < -0.4 is 16.0 Å². The number of carbonyl (C=O) groups excluding carboxylic acids is 1. The molecule has 6 heteroatoms. The van der Waals surface area contributed by atoms with Crippen molar-refractivity contribution < 1.29 is 4.79 Å². The molecule has 1 aromatic heterocycles. The van der Waals surface area contributed by atoms with E-state index in [1.165, 1.54) is 0 Å². The molecule has 0 radical (unpaired) electrons. The number of aromatic nitrogens is 1. The first-order valence-electron chi connectivity index (χ1n) is 5.79. The van der Waals surface area contributed by atoms with Gasteiger partial charge in [0.05, 0.1) is 11.6 Å². The average Bonchev–Trinajstić information content (AvgIpc) is 2.27. The van der Waals surface area contributed by atoms with Crippen LogP contribution >= 0.6 is 11.6 Å². The second-order valence-electron chi connectivity index (χ2n) is 4.39. The Morgan fingerprint density at radius 1 is 1.61 bits per heavy atom. The SMILES string of the molecule is CC(C)NC(=O)CN(C)c1nccc(CN)c1Cl. The van der Waals surface area contributed by atoms with Gasteiger partial charge in [-0.15, -0.1) is 0 Å². The molecule has 0 aliphatic heterocycles. The van der Waals surface area contributed by atoms with Gasteiger partial charge in [0.2, 0.25) is 5.91 Å². The molecule has 0 aromatic carbocycles. The van der Waals surface area contributed by atoms with E-state index in [0.717, 1.165) is 5.56 Å². The number of carbonyl (C=O) groups is 1. The minimum Gasteiger partial charge on any atom is -0.352 e. The van der Waals surface area contributed by atoms with E-state index in [4.69, 9.17) is 17.3 Å². The fourth-order valence-corrected chi connectivity index (χ4v) is 1.89. The van der Waals surface area contributed by atoms with E-state index in [1.54, 1.807) is 24.2 Å². The minimum absolute atomic E-state index is 0.0662. The van der Waals surface area contributed by atoms with Gasteiger partial charge in [0.1, 0.15) is 5.82 Å². The van der Waals surface area contributed by atoms with Crippen molar-refractivity contribution in [2.24, 2.45) is 5.73 Å². The molecule has 0 bridgehead atoms. The molecule has 0 aliphatic carbocycles. The molecule has 5 nitrogen and oxygen atoms in total. The topological polar surface area (TPSA) is 71.2 Å². The summed E-state index contributed by atoms with van der Waals surface area (Å²) in [6.07, 6.45) is 1.64. The zero-order valence-corrected chi connectivity index (χ0v) is 11.7. The number of hydrogen-bond acceptors (Lipinski definition) is 4. The Hall–Kier alpha value is -1.33. The van der Waals surface area contributed by atoms with Crippen LogP contribution in [0.25, 0.3) is 0 Å².